The van der Waals surface area contributed by atoms with E-state index in [0.29, 0.717) is 50.1 Å². The highest BCUT2D eigenvalue weighted by Gasteiger charge is 2.28. The van der Waals surface area contributed by atoms with E-state index >= 15 is 0 Å². The average Bonchev–Trinajstić information content (AvgIpc) is 3.22. The van der Waals surface area contributed by atoms with Crippen molar-refractivity contribution in [3.8, 4) is 11.3 Å². The molecule has 35 heavy (non-hydrogen) atoms. The van der Waals surface area contributed by atoms with Crippen molar-refractivity contribution in [2.45, 2.75) is 45.3 Å². The fourth-order valence-electron chi connectivity index (χ4n) is 4.42. The van der Waals surface area contributed by atoms with Crippen LogP contribution in [0.1, 0.15) is 49.5 Å². The van der Waals surface area contributed by atoms with Gasteiger partial charge in [-0.1, -0.05) is 5.21 Å². The highest BCUT2D eigenvalue weighted by Crippen LogP contribution is 2.30. The van der Waals surface area contributed by atoms with Gasteiger partial charge in [-0.25, -0.2) is 18.3 Å². The molecule has 2 aliphatic rings. The number of piperidine rings is 1. The lowest BCUT2D eigenvalue weighted by Gasteiger charge is -2.31. The van der Waals surface area contributed by atoms with Crippen LogP contribution in [0, 0.1) is 11.6 Å². The third-order valence-corrected chi connectivity index (χ3v) is 6.47. The summed E-state index contributed by atoms with van der Waals surface area (Å²) in [4.78, 5) is 32.0. The van der Waals surface area contributed by atoms with Crippen LogP contribution in [0.4, 0.5) is 13.6 Å². The highest BCUT2D eigenvalue weighted by molar-refractivity contribution is 5.95. The number of carbonyl (C=O) groups excluding carboxylic acids is 2. The Labute approximate surface area is 200 Å². The second kappa shape index (κ2) is 9.20. The van der Waals surface area contributed by atoms with E-state index in [1.807, 2.05) is 13.8 Å². The minimum atomic E-state index is -0.786. The zero-order valence-electron chi connectivity index (χ0n) is 19.6. The molecule has 0 aliphatic carbocycles. The van der Waals surface area contributed by atoms with Gasteiger partial charge in [-0.05, 0) is 51.3 Å². The van der Waals surface area contributed by atoms with Crippen molar-refractivity contribution in [2.75, 3.05) is 26.2 Å². The molecule has 0 unspecified atom stereocenters. The van der Waals surface area contributed by atoms with E-state index in [1.165, 1.54) is 4.90 Å². The molecule has 2 saturated heterocycles. The number of likely N-dealkylation sites (tertiary alicyclic amines) is 2. The molecule has 2 amide bonds. The highest BCUT2D eigenvalue weighted by atomic mass is 19.1. The van der Waals surface area contributed by atoms with Crippen LogP contribution in [-0.2, 0) is 4.74 Å². The molecule has 4 heterocycles. The summed E-state index contributed by atoms with van der Waals surface area (Å²) in [5.41, 5.74) is 1.05. The van der Waals surface area contributed by atoms with Crippen molar-refractivity contribution in [1.82, 2.24) is 29.8 Å². The molecule has 1 aromatic carbocycles. The molecule has 2 aromatic heterocycles. The summed E-state index contributed by atoms with van der Waals surface area (Å²) in [6, 6.07) is 3.53. The first-order valence-electron chi connectivity index (χ1n) is 11.8. The number of ether oxygens (including phenoxy) is 1. The van der Waals surface area contributed by atoms with E-state index in [2.05, 4.69) is 15.3 Å². The lowest BCUT2D eigenvalue weighted by molar-refractivity contribution is 0.0641. The SMILES string of the molecule is CC(C)OC(=O)N1CCC(n2nnc3cc(-c4cc(F)c(C(=O)N5CCC5)cc4F)ncc32)CC1. The van der Waals surface area contributed by atoms with Crippen LogP contribution in [0.2, 0.25) is 0 Å². The number of hydrogen-bond acceptors (Lipinski definition) is 6. The van der Waals surface area contributed by atoms with E-state index in [0.717, 1.165) is 18.6 Å². The van der Waals surface area contributed by atoms with Crippen molar-refractivity contribution in [3.05, 3.63) is 41.6 Å². The molecule has 5 rings (SSSR count). The molecule has 0 radical (unpaired) electrons. The Morgan fingerprint density at radius 1 is 1.03 bits per heavy atom. The number of fused-ring (bicyclic) bond motifs is 1. The number of pyridine rings is 1. The van der Waals surface area contributed by atoms with Crippen molar-refractivity contribution in [2.24, 2.45) is 0 Å². The number of amides is 2. The molecule has 3 aromatic rings. The fourth-order valence-corrected chi connectivity index (χ4v) is 4.42. The first-order valence-corrected chi connectivity index (χ1v) is 11.8. The Kier molecular flexibility index (Phi) is 6.08. The average molecular weight is 485 g/mol. The van der Waals surface area contributed by atoms with Gasteiger partial charge in [0.25, 0.3) is 5.91 Å². The maximum Gasteiger partial charge on any atom is 0.410 e. The van der Waals surface area contributed by atoms with Crippen molar-refractivity contribution in [3.63, 3.8) is 0 Å². The van der Waals surface area contributed by atoms with E-state index in [-0.39, 0.29) is 35.1 Å². The molecule has 0 saturated carbocycles. The standard InChI is InChI=1S/C24H26F2N6O3/c1-14(2)35-24(34)31-8-4-15(5-9-31)32-22-13-27-20(12-21(22)28-29-32)16-10-19(26)17(11-18(16)25)23(33)30-6-3-7-30/h10-15H,3-9H2,1-2H3. The number of halogens is 2. The summed E-state index contributed by atoms with van der Waals surface area (Å²) in [5.74, 6) is -2.02. The summed E-state index contributed by atoms with van der Waals surface area (Å²) in [6.45, 7) is 5.81. The van der Waals surface area contributed by atoms with Gasteiger partial charge in [-0.3, -0.25) is 9.78 Å². The van der Waals surface area contributed by atoms with Gasteiger partial charge in [-0.2, -0.15) is 0 Å². The second-order valence-electron chi connectivity index (χ2n) is 9.20. The topological polar surface area (TPSA) is 93.4 Å². The lowest BCUT2D eigenvalue weighted by Crippen LogP contribution is -2.42. The van der Waals surface area contributed by atoms with Crippen LogP contribution in [0.5, 0.6) is 0 Å². The summed E-state index contributed by atoms with van der Waals surface area (Å²) < 4.78 is 36.6. The van der Waals surface area contributed by atoms with Gasteiger partial charge in [0.1, 0.15) is 22.7 Å². The number of nitrogens with zero attached hydrogens (tertiary/aromatic N) is 6. The number of hydrogen-bond donors (Lipinski definition) is 0. The maximum atomic E-state index is 14.9. The second-order valence-corrected chi connectivity index (χ2v) is 9.20. The molecule has 184 valence electrons. The van der Waals surface area contributed by atoms with E-state index < -0.39 is 17.5 Å². The zero-order valence-corrected chi connectivity index (χ0v) is 19.6. The summed E-state index contributed by atoms with van der Waals surface area (Å²) in [7, 11) is 0. The smallest absolute Gasteiger partial charge is 0.410 e. The minimum absolute atomic E-state index is 0.0248. The molecule has 0 bridgehead atoms. The number of benzene rings is 1. The molecule has 0 atom stereocenters. The Morgan fingerprint density at radius 2 is 1.77 bits per heavy atom. The number of aromatic nitrogens is 4. The molecular formula is C24H26F2N6O3. The van der Waals surface area contributed by atoms with Crippen LogP contribution >= 0.6 is 0 Å². The largest absolute Gasteiger partial charge is 0.447 e. The molecule has 2 aliphatic heterocycles. The predicted octanol–water partition coefficient (Wildman–Crippen LogP) is 3.80. The first kappa shape index (κ1) is 23.1. The third kappa shape index (κ3) is 4.42. The monoisotopic (exact) mass is 484 g/mol. The van der Waals surface area contributed by atoms with Crippen LogP contribution < -0.4 is 0 Å². The molecular weight excluding hydrogens is 458 g/mol. The molecule has 0 N–H and O–H groups in total. The van der Waals surface area contributed by atoms with Gasteiger partial charge in [-0.15, -0.1) is 5.10 Å². The van der Waals surface area contributed by atoms with E-state index in [1.54, 1.807) is 21.8 Å². The maximum absolute atomic E-state index is 14.9. The Hall–Kier alpha value is -3.63. The van der Waals surface area contributed by atoms with Gasteiger partial charge in [0.05, 0.1) is 29.6 Å². The number of carbonyl (C=O) groups is 2. The zero-order chi connectivity index (χ0) is 24.7. The summed E-state index contributed by atoms with van der Waals surface area (Å²) >= 11 is 0. The Morgan fingerprint density at radius 3 is 2.43 bits per heavy atom. The number of rotatable bonds is 4. The molecule has 0 spiro atoms. The quantitative estimate of drug-likeness (QED) is 0.559. The lowest BCUT2D eigenvalue weighted by atomic mass is 10.0. The molecule has 11 heteroatoms. The van der Waals surface area contributed by atoms with Crippen LogP contribution in [-0.4, -0.2) is 74.1 Å². The summed E-state index contributed by atoms with van der Waals surface area (Å²) in [6.07, 6.45) is 3.28. The predicted molar refractivity (Wildman–Crippen MR) is 123 cm³/mol. The Balaban J connectivity index is 1.34. The van der Waals surface area contributed by atoms with Gasteiger partial charge >= 0.3 is 6.09 Å². The Bertz CT molecular complexity index is 1280. The fraction of sp³-hybridized carbons (Fsp3) is 0.458. The molecule has 2 fully saturated rings. The van der Waals surface area contributed by atoms with Gasteiger partial charge in [0.15, 0.2) is 0 Å². The van der Waals surface area contributed by atoms with Crippen molar-refractivity contribution < 1.29 is 23.1 Å². The van der Waals surface area contributed by atoms with Crippen LogP contribution in [0.3, 0.4) is 0 Å². The minimum Gasteiger partial charge on any atom is -0.447 e. The van der Waals surface area contributed by atoms with Gasteiger partial charge in [0.2, 0.25) is 0 Å². The normalized spacial score (nSPS) is 16.6. The van der Waals surface area contributed by atoms with Gasteiger partial charge < -0.3 is 14.5 Å². The van der Waals surface area contributed by atoms with Crippen LogP contribution in [0.15, 0.2) is 24.4 Å². The van der Waals surface area contributed by atoms with Crippen molar-refractivity contribution in [1.29, 1.82) is 0 Å². The first-order chi connectivity index (χ1) is 16.8. The summed E-state index contributed by atoms with van der Waals surface area (Å²) in [5, 5.41) is 8.46. The van der Waals surface area contributed by atoms with Crippen molar-refractivity contribution >= 4 is 23.0 Å². The van der Waals surface area contributed by atoms with Gasteiger partial charge in [0, 0.05) is 31.7 Å². The molecule has 9 nitrogen and oxygen atoms in total. The third-order valence-electron chi connectivity index (χ3n) is 6.47. The van der Waals surface area contributed by atoms with E-state index in [9.17, 15) is 18.4 Å². The van der Waals surface area contributed by atoms with E-state index in [4.69, 9.17) is 4.74 Å². The van der Waals surface area contributed by atoms with Crippen LogP contribution in [0.25, 0.3) is 22.3 Å².